The van der Waals surface area contributed by atoms with Crippen molar-refractivity contribution < 1.29 is 4.79 Å². The van der Waals surface area contributed by atoms with Crippen LogP contribution in [0, 0.1) is 11.8 Å². The van der Waals surface area contributed by atoms with Crippen LogP contribution in [0.4, 0.5) is 0 Å². The summed E-state index contributed by atoms with van der Waals surface area (Å²) in [7, 11) is 0. The summed E-state index contributed by atoms with van der Waals surface area (Å²) in [5.41, 5.74) is 1.22. The van der Waals surface area contributed by atoms with Gasteiger partial charge in [0, 0.05) is 6.54 Å². The van der Waals surface area contributed by atoms with Crippen molar-refractivity contribution in [3.8, 4) is 0 Å². The molecule has 21 heavy (non-hydrogen) atoms. The van der Waals surface area contributed by atoms with Crippen molar-refractivity contribution in [3.05, 3.63) is 35.9 Å². The lowest BCUT2D eigenvalue weighted by Gasteiger charge is -2.27. The van der Waals surface area contributed by atoms with Crippen molar-refractivity contribution in [1.29, 1.82) is 0 Å². The average molecular weight is 288 g/mol. The maximum absolute atomic E-state index is 12.7. The summed E-state index contributed by atoms with van der Waals surface area (Å²) >= 11 is 0. The molecule has 1 aliphatic heterocycles. The fourth-order valence-corrected chi connectivity index (χ4v) is 3.00. The van der Waals surface area contributed by atoms with Gasteiger partial charge in [-0.2, -0.15) is 0 Å². The maximum Gasteiger partial charge on any atom is 0.241 e. The van der Waals surface area contributed by atoms with Crippen molar-refractivity contribution in [2.24, 2.45) is 11.8 Å². The molecule has 1 heterocycles. The predicted molar refractivity (Wildman–Crippen MR) is 86.9 cm³/mol. The van der Waals surface area contributed by atoms with E-state index in [1.54, 1.807) is 0 Å². The molecule has 0 aliphatic carbocycles. The van der Waals surface area contributed by atoms with E-state index in [-0.39, 0.29) is 18.1 Å². The van der Waals surface area contributed by atoms with Crippen LogP contribution < -0.4 is 5.32 Å². The molecule has 1 amide bonds. The number of carbonyl (C=O) groups is 1. The van der Waals surface area contributed by atoms with Gasteiger partial charge >= 0.3 is 0 Å². The van der Waals surface area contributed by atoms with Crippen LogP contribution in [-0.2, 0) is 11.2 Å². The molecule has 0 aromatic heterocycles. The summed E-state index contributed by atoms with van der Waals surface area (Å²) in [6, 6.07) is 10.2. The standard InChI is InChI=1S/C18H28N2O/c1-13(2)10-17-19-16(11-15-8-6-5-7-9-15)18(21)20(17)12-14(3)4/h5-9,13-14,16-17,19H,10-12H2,1-4H3. The molecule has 2 rings (SSSR count). The molecule has 0 bridgehead atoms. The van der Waals surface area contributed by atoms with Crippen LogP contribution in [-0.4, -0.2) is 29.6 Å². The van der Waals surface area contributed by atoms with E-state index in [0.717, 1.165) is 19.4 Å². The molecule has 1 N–H and O–H groups in total. The van der Waals surface area contributed by atoms with Gasteiger partial charge in [-0.05, 0) is 30.2 Å². The summed E-state index contributed by atoms with van der Waals surface area (Å²) in [5, 5.41) is 3.55. The molecule has 3 nitrogen and oxygen atoms in total. The third-order valence-corrected chi connectivity index (χ3v) is 3.89. The van der Waals surface area contributed by atoms with Gasteiger partial charge in [-0.25, -0.2) is 0 Å². The Morgan fingerprint density at radius 2 is 1.76 bits per heavy atom. The number of benzene rings is 1. The largest absolute Gasteiger partial charge is 0.326 e. The molecular formula is C18H28N2O. The molecule has 0 saturated carbocycles. The summed E-state index contributed by atoms with van der Waals surface area (Å²) in [6.45, 7) is 9.61. The van der Waals surface area contributed by atoms with Crippen molar-refractivity contribution >= 4 is 5.91 Å². The Kier molecular flexibility index (Phi) is 5.40. The zero-order valence-electron chi connectivity index (χ0n) is 13.7. The van der Waals surface area contributed by atoms with E-state index in [9.17, 15) is 4.79 Å². The second kappa shape index (κ2) is 7.08. The Bertz CT molecular complexity index is 456. The molecule has 0 radical (unpaired) electrons. The highest BCUT2D eigenvalue weighted by atomic mass is 16.2. The monoisotopic (exact) mass is 288 g/mol. The van der Waals surface area contributed by atoms with Gasteiger partial charge in [0.15, 0.2) is 0 Å². The number of hydrogen-bond acceptors (Lipinski definition) is 2. The smallest absolute Gasteiger partial charge is 0.241 e. The van der Waals surface area contributed by atoms with Crippen molar-refractivity contribution in [1.82, 2.24) is 10.2 Å². The van der Waals surface area contributed by atoms with Crippen LogP contribution in [0.5, 0.6) is 0 Å². The minimum Gasteiger partial charge on any atom is -0.326 e. The Balaban J connectivity index is 2.08. The fraction of sp³-hybridized carbons (Fsp3) is 0.611. The van der Waals surface area contributed by atoms with Gasteiger partial charge in [-0.1, -0.05) is 58.0 Å². The Morgan fingerprint density at radius 3 is 2.33 bits per heavy atom. The van der Waals surface area contributed by atoms with E-state index in [4.69, 9.17) is 0 Å². The Morgan fingerprint density at radius 1 is 1.10 bits per heavy atom. The van der Waals surface area contributed by atoms with Gasteiger partial charge in [-0.3, -0.25) is 10.1 Å². The maximum atomic E-state index is 12.7. The highest BCUT2D eigenvalue weighted by Crippen LogP contribution is 2.21. The van der Waals surface area contributed by atoms with Gasteiger partial charge in [0.25, 0.3) is 0 Å². The van der Waals surface area contributed by atoms with E-state index in [0.29, 0.717) is 11.8 Å². The number of nitrogens with one attached hydrogen (secondary N) is 1. The first-order chi connectivity index (χ1) is 9.97. The Labute approximate surface area is 128 Å². The second-order valence-corrected chi connectivity index (χ2v) is 6.94. The van der Waals surface area contributed by atoms with Crippen LogP contribution in [0.2, 0.25) is 0 Å². The highest BCUT2D eigenvalue weighted by molar-refractivity contribution is 5.84. The summed E-state index contributed by atoms with van der Waals surface area (Å²) in [5.74, 6) is 1.35. The molecule has 1 aliphatic rings. The van der Waals surface area contributed by atoms with E-state index >= 15 is 0 Å². The highest BCUT2D eigenvalue weighted by Gasteiger charge is 2.38. The van der Waals surface area contributed by atoms with Crippen LogP contribution in [0.1, 0.15) is 39.7 Å². The molecule has 2 atom stereocenters. The first-order valence-corrected chi connectivity index (χ1v) is 8.07. The number of amides is 1. The van der Waals surface area contributed by atoms with E-state index < -0.39 is 0 Å². The minimum absolute atomic E-state index is 0.0742. The molecule has 1 aromatic rings. The summed E-state index contributed by atoms with van der Waals surface area (Å²) in [4.78, 5) is 14.8. The van der Waals surface area contributed by atoms with Crippen molar-refractivity contribution in [2.45, 2.75) is 52.7 Å². The van der Waals surface area contributed by atoms with E-state index in [2.05, 4.69) is 50.0 Å². The van der Waals surface area contributed by atoms with Gasteiger partial charge in [0.1, 0.15) is 0 Å². The lowest BCUT2D eigenvalue weighted by molar-refractivity contribution is -0.130. The molecular weight excluding hydrogens is 260 g/mol. The normalized spacial score (nSPS) is 22.6. The number of hydrogen-bond donors (Lipinski definition) is 1. The summed E-state index contributed by atoms with van der Waals surface area (Å²) < 4.78 is 0. The molecule has 0 spiro atoms. The molecule has 1 fully saturated rings. The fourth-order valence-electron chi connectivity index (χ4n) is 3.00. The van der Waals surface area contributed by atoms with Gasteiger partial charge in [0.2, 0.25) is 5.91 Å². The van der Waals surface area contributed by atoms with Crippen LogP contribution in [0.25, 0.3) is 0 Å². The molecule has 1 aromatic carbocycles. The lowest BCUT2D eigenvalue weighted by atomic mass is 10.1. The van der Waals surface area contributed by atoms with Crippen LogP contribution in [0.15, 0.2) is 30.3 Å². The van der Waals surface area contributed by atoms with E-state index in [1.165, 1.54) is 5.56 Å². The molecule has 116 valence electrons. The first-order valence-electron chi connectivity index (χ1n) is 8.07. The quantitative estimate of drug-likeness (QED) is 0.872. The van der Waals surface area contributed by atoms with Gasteiger partial charge < -0.3 is 4.90 Å². The zero-order valence-corrected chi connectivity index (χ0v) is 13.7. The zero-order chi connectivity index (χ0) is 15.4. The van der Waals surface area contributed by atoms with Crippen LogP contribution >= 0.6 is 0 Å². The third kappa shape index (κ3) is 4.31. The van der Waals surface area contributed by atoms with E-state index in [1.807, 2.05) is 18.2 Å². The number of rotatable bonds is 6. The topological polar surface area (TPSA) is 32.3 Å². The SMILES string of the molecule is CC(C)CC1NC(Cc2ccccc2)C(=O)N1CC(C)C. The third-order valence-electron chi connectivity index (χ3n) is 3.89. The molecule has 3 heteroatoms. The number of carbonyl (C=O) groups excluding carboxylic acids is 1. The second-order valence-electron chi connectivity index (χ2n) is 6.94. The molecule has 1 saturated heterocycles. The van der Waals surface area contributed by atoms with Crippen molar-refractivity contribution in [3.63, 3.8) is 0 Å². The van der Waals surface area contributed by atoms with Crippen molar-refractivity contribution in [2.75, 3.05) is 6.54 Å². The first kappa shape index (κ1) is 16.0. The minimum atomic E-state index is -0.0742. The lowest BCUT2D eigenvalue weighted by Crippen LogP contribution is -2.40. The predicted octanol–water partition coefficient (Wildman–Crippen LogP) is 3.06. The van der Waals surface area contributed by atoms with Gasteiger partial charge in [0.05, 0.1) is 12.2 Å². The van der Waals surface area contributed by atoms with Crippen LogP contribution in [0.3, 0.4) is 0 Å². The summed E-state index contributed by atoms with van der Waals surface area (Å²) in [6.07, 6.45) is 1.99. The van der Waals surface area contributed by atoms with Gasteiger partial charge in [-0.15, -0.1) is 0 Å². The average Bonchev–Trinajstić information content (AvgIpc) is 2.67. The Hall–Kier alpha value is -1.35. The number of nitrogens with zero attached hydrogens (tertiary/aromatic N) is 1. The molecule has 2 unspecified atom stereocenters.